The molecule has 3 nitrogen and oxygen atoms in total. The molecule has 1 aromatic heterocycles. The molecule has 1 heterocycles. The molecule has 0 bridgehead atoms. The third-order valence-electron chi connectivity index (χ3n) is 2.90. The molecule has 2 aromatic rings. The van der Waals surface area contributed by atoms with E-state index in [1.807, 2.05) is 12.1 Å². The van der Waals surface area contributed by atoms with Gasteiger partial charge in [0.15, 0.2) is 0 Å². The third-order valence-corrected chi connectivity index (χ3v) is 3.95. The minimum absolute atomic E-state index is 0.400. The number of fused-ring (bicyclic) bond motifs is 3. The Hall–Kier alpha value is -1.86. The van der Waals surface area contributed by atoms with E-state index in [0.29, 0.717) is 6.42 Å². The van der Waals surface area contributed by atoms with Crippen molar-refractivity contribution < 1.29 is 4.74 Å². The van der Waals surface area contributed by atoms with Gasteiger partial charge in [-0.25, -0.2) is 4.98 Å². The van der Waals surface area contributed by atoms with E-state index in [9.17, 15) is 0 Å². The van der Waals surface area contributed by atoms with Crippen LogP contribution in [0.3, 0.4) is 0 Å². The summed E-state index contributed by atoms with van der Waals surface area (Å²) in [7, 11) is 1.67. The zero-order chi connectivity index (χ0) is 11.8. The van der Waals surface area contributed by atoms with Crippen LogP contribution in [-0.4, -0.2) is 12.1 Å². The van der Waals surface area contributed by atoms with Crippen LogP contribution in [0.5, 0.6) is 5.75 Å². The van der Waals surface area contributed by atoms with Crippen LogP contribution in [0, 0.1) is 11.3 Å². The van der Waals surface area contributed by atoms with E-state index in [2.05, 4.69) is 17.1 Å². The lowest BCUT2D eigenvalue weighted by atomic mass is 10.1. The van der Waals surface area contributed by atoms with E-state index in [0.717, 1.165) is 28.4 Å². The molecule has 4 heteroatoms. The number of aromatic nitrogens is 1. The fourth-order valence-electron chi connectivity index (χ4n) is 2.10. The number of hydrogen-bond acceptors (Lipinski definition) is 4. The van der Waals surface area contributed by atoms with Crippen molar-refractivity contribution in [1.82, 2.24) is 4.98 Å². The molecule has 0 atom stereocenters. The van der Waals surface area contributed by atoms with Crippen molar-refractivity contribution in [1.29, 1.82) is 5.26 Å². The van der Waals surface area contributed by atoms with Gasteiger partial charge in [0, 0.05) is 16.9 Å². The molecule has 0 spiro atoms. The van der Waals surface area contributed by atoms with Gasteiger partial charge in [0.25, 0.3) is 0 Å². The molecule has 0 saturated heterocycles. The van der Waals surface area contributed by atoms with Crippen LogP contribution in [0.15, 0.2) is 18.2 Å². The number of nitrogens with zero attached hydrogens (tertiary/aromatic N) is 2. The Morgan fingerprint density at radius 2 is 2.41 bits per heavy atom. The summed E-state index contributed by atoms with van der Waals surface area (Å²) >= 11 is 1.64. The van der Waals surface area contributed by atoms with Crippen molar-refractivity contribution in [2.75, 3.05) is 7.11 Å². The summed E-state index contributed by atoms with van der Waals surface area (Å²) in [5.74, 6) is 0.853. The van der Waals surface area contributed by atoms with Crippen LogP contribution in [0.2, 0.25) is 0 Å². The summed E-state index contributed by atoms with van der Waals surface area (Å²) in [6.45, 7) is 0. The van der Waals surface area contributed by atoms with Gasteiger partial charge in [-0.1, -0.05) is 6.07 Å². The Balaban J connectivity index is 2.08. The molecule has 0 unspecified atom stereocenters. The topological polar surface area (TPSA) is 45.9 Å². The first-order valence-corrected chi connectivity index (χ1v) is 6.16. The largest absolute Gasteiger partial charge is 0.497 e. The zero-order valence-electron chi connectivity index (χ0n) is 9.36. The molecule has 3 rings (SSSR count). The maximum atomic E-state index is 8.68. The molecule has 0 amide bonds. The van der Waals surface area contributed by atoms with Gasteiger partial charge in [0.1, 0.15) is 10.8 Å². The summed E-state index contributed by atoms with van der Waals surface area (Å²) in [4.78, 5) is 5.80. The molecule has 17 heavy (non-hydrogen) atoms. The maximum Gasteiger partial charge on any atom is 0.119 e. The summed E-state index contributed by atoms with van der Waals surface area (Å²) in [5, 5.41) is 9.59. The number of thiazole rings is 1. The second-order valence-electron chi connectivity index (χ2n) is 3.91. The first-order valence-electron chi connectivity index (χ1n) is 5.34. The Kier molecular flexibility index (Phi) is 2.34. The van der Waals surface area contributed by atoms with Crippen LogP contribution in [-0.2, 0) is 12.8 Å². The predicted octanol–water partition coefficient (Wildman–Crippen LogP) is 2.79. The summed E-state index contributed by atoms with van der Waals surface area (Å²) in [5.41, 5.74) is 3.48. The Bertz CT molecular complexity index is 625. The van der Waals surface area contributed by atoms with Gasteiger partial charge in [-0.2, -0.15) is 5.26 Å². The minimum atomic E-state index is 0.400. The van der Waals surface area contributed by atoms with Gasteiger partial charge < -0.3 is 4.74 Å². The quantitative estimate of drug-likeness (QED) is 0.694. The zero-order valence-corrected chi connectivity index (χ0v) is 10.2. The lowest BCUT2D eigenvalue weighted by molar-refractivity contribution is 0.415. The molecule has 0 aliphatic heterocycles. The SMILES string of the molecule is COc1ccc2c(c1)-c1nc(CC#N)sc1C2. The van der Waals surface area contributed by atoms with Crippen LogP contribution < -0.4 is 4.74 Å². The van der Waals surface area contributed by atoms with Crippen LogP contribution in [0.4, 0.5) is 0 Å². The molecular formula is C13H10N2OS. The van der Waals surface area contributed by atoms with Gasteiger partial charge in [-0.3, -0.25) is 0 Å². The minimum Gasteiger partial charge on any atom is -0.497 e. The van der Waals surface area contributed by atoms with E-state index in [4.69, 9.17) is 10.00 Å². The first-order chi connectivity index (χ1) is 8.31. The number of rotatable bonds is 2. The Morgan fingerprint density at radius 1 is 1.53 bits per heavy atom. The van der Waals surface area contributed by atoms with Crippen molar-refractivity contribution in [3.63, 3.8) is 0 Å². The van der Waals surface area contributed by atoms with Gasteiger partial charge in [0.05, 0.1) is 25.3 Å². The summed E-state index contributed by atoms with van der Waals surface area (Å²) in [6, 6.07) is 8.23. The Labute approximate surface area is 103 Å². The highest BCUT2D eigenvalue weighted by Crippen LogP contribution is 2.40. The fourth-order valence-corrected chi connectivity index (χ4v) is 3.14. The molecule has 84 valence electrons. The predicted molar refractivity (Wildman–Crippen MR) is 66.2 cm³/mol. The molecule has 0 fully saturated rings. The smallest absolute Gasteiger partial charge is 0.119 e. The second-order valence-corrected chi connectivity index (χ2v) is 5.08. The molecule has 1 aliphatic rings. The van der Waals surface area contributed by atoms with E-state index < -0.39 is 0 Å². The number of methoxy groups -OCH3 is 1. The van der Waals surface area contributed by atoms with Crippen molar-refractivity contribution in [2.24, 2.45) is 0 Å². The molecule has 0 N–H and O–H groups in total. The normalized spacial score (nSPS) is 11.8. The van der Waals surface area contributed by atoms with Crippen LogP contribution in [0.25, 0.3) is 11.3 Å². The van der Waals surface area contributed by atoms with Gasteiger partial charge >= 0.3 is 0 Å². The van der Waals surface area contributed by atoms with Crippen molar-refractivity contribution in [2.45, 2.75) is 12.8 Å². The van der Waals surface area contributed by atoms with Gasteiger partial charge in [0.2, 0.25) is 0 Å². The average Bonchev–Trinajstić information content (AvgIpc) is 2.86. The van der Waals surface area contributed by atoms with E-state index in [1.165, 1.54) is 10.4 Å². The molecule has 1 aliphatic carbocycles. The maximum absolute atomic E-state index is 8.68. The third kappa shape index (κ3) is 1.60. The molecule has 0 radical (unpaired) electrons. The first kappa shape index (κ1) is 10.3. The van der Waals surface area contributed by atoms with Crippen molar-refractivity contribution in [3.05, 3.63) is 33.6 Å². The van der Waals surface area contributed by atoms with Crippen molar-refractivity contribution >= 4 is 11.3 Å². The number of ether oxygens (including phenoxy) is 1. The van der Waals surface area contributed by atoms with Gasteiger partial charge in [-0.15, -0.1) is 11.3 Å². The van der Waals surface area contributed by atoms with E-state index in [1.54, 1.807) is 18.4 Å². The molecular weight excluding hydrogens is 232 g/mol. The lowest BCUT2D eigenvalue weighted by Gasteiger charge is -2.03. The Morgan fingerprint density at radius 3 is 3.18 bits per heavy atom. The lowest BCUT2D eigenvalue weighted by Crippen LogP contribution is -1.87. The molecule has 0 saturated carbocycles. The average molecular weight is 242 g/mol. The van der Waals surface area contributed by atoms with Crippen molar-refractivity contribution in [3.8, 4) is 23.1 Å². The van der Waals surface area contributed by atoms with Crippen LogP contribution >= 0.6 is 11.3 Å². The molecule has 1 aromatic carbocycles. The van der Waals surface area contributed by atoms with Gasteiger partial charge in [-0.05, 0) is 17.7 Å². The second kappa shape index (κ2) is 3.86. The number of nitriles is 1. The highest BCUT2D eigenvalue weighted by Gasteiger charge is 2.23. The fraction of sp³-hybridized carbons (Fsp3) is 0.231. The van der Waals surface area contributed by atoms with Crippen LogP contribution in [0.1, 0.15) is 15.4 Å². The number of benzene rings is 1. The summed E-state index contributed by atoms with van der Waals surface area (Å²) in [6.07, 6.45) is 1.33. The number of hydrogen-bond donors (Lipinski definition) is 0. The highest BCUT2D eigenvalue weighted by atomic mass is 32.1. The van der Waals surface area contributed by atoms with E-state index in [-0.39, 0.29) is 0 Å². The summed E-state index contributed by atoms with van der Waals surface area (Å²) < 4.78 is 5.23. The monoisotopic (exact) mass is 242 g/mol. The highest BCUT2D eigenvalue weighted by molar-refractivity contribution is 7.12. The standard InChI is InChI=1S/C13H10N2OS/c1-16-9-3-2-8-6-11-13(10(8)7-9)15-12(17-11)4-5-14/h2-3,7H,4,6H2,1H3. The van der Waals surface area contributed by atoms with E-state index >= 15 is 0 Å².